The highest BCUT2D eigenvalue weighted by atomic mass is 32.1. The molecule has 1 saturated heterocycles. The number of thiazole rings is 1. The van der Waals surface area contributed by atoms with Crippen LogP contribution >= 0.6 is 11.3 Å². The summed E-state index contributed by atoms with van der Waals surface area (Å²) in [5.74, 6) is 0.211. The zero-order chi connectivity index (χ0) is 18.7. The largest absolute Gasteiger partial charge is 0.494 e. The van der Waals surface area contributed by atoms with E-state index in [0.717, 1.165) is 12.8 Å². The number of hydrogen-bond acceptors (Lipinski definition) is 4. The Bertz CT molecular complexity index is 772. The van der Waals surface area contributed by atoms with E-state index in [-0.39, 0.29) is 17.8 Å². The summed E-state index contributed by atoms with van der Waals surface area (Å²) < 4.78 is 18.8. The maximum absolute atomic E-state index is 13.9. The van der Waals surface area contributed by atoms with Gasteiger partial charge in [0, 0.05) is 30.1 Å². The second-order valence-corrected chi connectivity index (χ2v) is 7.90. The molecule has 3 rings (SSSR count). The number of amides is 2. The SMILES string of the molecule is COc1ccc(C(C)NC(=O)N2CCC(c3ncc(C)s3)CC2)cc1F. The van der Waals surface area contributed by atoms with Crippen LogP contribution in [-0.4, -0.2) is 36.1 Å². The summed E-state index contributed by atoms with van der Waals surface area (Å²) in [6.45, 7) is 5.33. The molecule has 5 nitrogen and oxygen atoms in total. The van der Waals surface area contributed by atoms with Crippen LogP contribution in [-0.2, 0) is 0 Å². The van der Waals surface area contributed by atoms with Crippen LogP contribution in [0.2, 0.25) is 0 Å². The number of nitrogens with zero attached hydrogens (tertiary/aromatic N) is 2. The van der Waals surface area contributed by atoms with Crippen molar-refractivity contribution in [1.82, 2.24) is 15.2 Å². The van der Waals surface area contributed by atoms with E-state index in [1.165, 1.54) is 23.1 Å². The maximum atomic E-state index is 13.9. The second kappa shape index (κ2) is 8.03. The third kappa shape index (κ3) is 4.15. The van der Waals surface area contributed by atoms with Crippen molar-refractivity contribution in [3.8, 4) is 5.75 Å². The van der Waals surface area contributed by atoms with E-state index in [0.29, 0.717) is 24.6 Å². The standard InChI is InChI=1S/C19H24FN3O2S/c1-12-11-21-18(26-12)14-6-8-23(9-7-14)19(24)22-13(2)15-4-5-17(25-3)16(20)10-15/h4-5,10-11,13-14H,6-9H2,1-3H3,(H,22,24). The Morgan fingerprint density at radius 1 is 1.42 bits per heavy atom. The number of nitrogens with one attached hydrogen (secondary N) is 1. The quantitative estimate of drug-likeness (QED) is 0.867. The van der Waals surface area contributed by atoms with Crippen LogP contribution < -0.4 is 10.1 Å². The number of benzene rings is 1. The van der Waals surface area contributed by atoms with Gasteiger partial charge in [-0.25, -0.2) is 14.2 Å². The molecule has 0 bridgehead atoms. The predicted molar refractivity (Wildman–Crippen MR) is 100 cm³/mol. The topological polar surface area (TPSA) is 54.5 Å². The molecule has 0 saturated carbocycles. The molecule has 0 aliphatic carbocycles. The highest BCUT2D eigenvalue weighted by Crippen LogP contribution is 2.31. The van der Waals surface area contributed by atoms with Crippen molar-refractivity contribution in [1.29, 1.82) is 0 Å². The first kappa shape index (κ1) is 18.6. The van der Waals surface area contributed by atoms with E-state index >= 15 is 0 Å². The first-order valence-electron chi connectivity index (χ1n) is 8.79. The number of piperidine rings is 1. The Balaban J connectivity index is 1.54. The summed E-state index contributed by atoms with van der Waals surface area (Å²) in [7, 11) is 1.43. The molecule has 1 atom stereocenters. The van der Waals surface area contributed by atoms with Crippen molar-refractivity contribution in [2.45, 2.75) is 38.6 Å². The van der Waals surface area contributed by atoms with Gasteiger partial charge in [-0.3, -0.25) is 0 Å². The van der Waals surface area contributed by atoms with Gasteiger partial charge in [0.1, 0.15) is 0 Å². The first-order chi connectivity index (χ1) is 12.5. The maximum Gasteiger partial charge on any atom is 0.317 e. The Morgan fingerprint density at radius 3 is 2.73 bits per heavy atom. The lowest BCUT2D eigenvalue weighted by atomic mass is 9.98. The van der Waals surface area contributed by atoms with E-state index in [2.05, 4.69) is 17.2 Å². The van der Waals surface area contributed by atoms with Gasteiger partial charge in [0.2, 0.25) is 0 Å². The minimum Gasteiger partial charge on any atom is -0.494 e. The van der Waals surface area contributed by atoms with Gasteiger partial charge in [-0.1, -0.05) is 6.07 Å². The van der Waals surface area contributed by atoms with Crippen LogP contribution in [0.25, 0.3) is 0 Å². The zero-order valence-corrected chi connectivity index (χ0v) is 16.1. The van der Waals surface area contributed by atoms with Crippen LogP contribution in [0.5, 0.6) is 5.75 Å². The highest BCUT2D eigenvalue weighted by Gasteiger charge is 2.26. The van der Waals surface area contributed by atoms with Gasteiger partial charge in [0.15, 0.2) is 11.6 Å². The fourth-order valence-corrected chi connectivity index (χ4v) is 4.15. The highest BCUT2D eigenvalue weighted by molar-refractivity contribution is 7.11. The van der Waals surface area contributed by atoms with Gasteiger partial charge in [-0.2, -0.15) is 0 Å². The number of ether oxygens (including phenoxy) is 1. The van der Waals surface area contributed by atoms with Crippen molar-refractivity contribution in [3.63, 3.8) is 0 Å². The van der Waals surface area contributed by atoms with E-state index < -0.39 is 5.82 Å². The van der Waals surface area contributed by atoms with Crippen LogP contribution in [0.4, 0.5) is 9.18 Å². The van der Waals surface area contributed by atoms with Gasteiger partial charge in [0.25, 0.3) is 0 Å². The minimum atomic E-state index is -0.425. The molecule has 26 heavy (non-hydrogen) atoms. The molecule has 1 N–H and O–H groups in total. The molecule has 1 aliphatic rings. The number of aryl methyl sites for hydroxylation is 1. The van der Waals surface area contributed by atoms with Crippen molar-refractivity contribution in [2.24, 2.45) is 0 Å². The lowest BCUT2D eigenvalue weighted by Gasteiger charge is -2.32. The zero-order valence-electron chi connectivity index (χ0n) is 15.3. The van der Waals surface area contributed by atoms with Crippen LogP contribution in [0.1, 0.15) is 47.2 Å². The molecule has 1 unspecified atom stereocenters. The van der Waals surface area contributed by atoms with Crippen LogP contribution in [0, 0.1) is 12.7 Å². The molecule has 0 spiro atoms. The smallest absolute Gasteiger partial charge is 0.317 e. The van der Waals surface area contributed by atoms with Crippen molar-refractivity contribution in [3.05, 3.63) is 45.7 Å². The number of methoxy groups -OCH3 is 1. The molecular formula is C19H24FN3O2S. The molecule has 140 valence electrons. The predicted octanol–water partition coefficient (Wildman–Crippen LogP) is 4.25. The van der Waals surface area contributed by atoms with Crippen molar-refractivity contribution >= 4 is 17.4 Å². The van der Waals surface area contributed by atoms with Gasteiger partial charge < -0.3 is 15.0 Å². The number of rotatable bonds is 4. The number of carbonyl (C=O) groups excluding carboxylic acids is 1. The summed E-state index contributed by atoms with van der Waals surface area (Å²) in [5, 5.41) is 4.13. The Labute approximate surface area is 157 Å². The summed E-state index contributed by atoms with van der Waals surface area (Å²) in [6.07, 6.45) is 3.76. The van der Waals surface area contributed by atoms with Gasteiger partial charge >= 0.3 is 6.03 Å². The molecule has 1 aromatic carbocycles. The third-order valence-corrected chi connectivity index (χ3v) is 5.86. The Kier molecular flexibility index (Phi) is 5.76. The summed E-state index contributed by atoms with van der Waals surface area (Å²) in [4.78, 5) is 20.0. The third-order valence-electron chi connectivity index (χ3n) is 4.79. The number of hydrogen-bond donors (Lipinski definition) is 1. The van der Waals surface area contributed by atoms with Gasteiger partial charge in [-0.15, -0.1) is 11.3 Å². The molecule has 1 fully saturated rings. The first-order valence-corrected chi connectivity index (χ1v) is 9.60. The normalized spacial score (nSPS) is 16.4. The molecule has 7 heteroatoms. The number of aromatic nitrogens is 1. The molecular weight excluding hydrogens is 353 g/mol. The molecule has 0 radical (unpaired) electrons. The van der Waals surface area contributed by atoms with E-state index in [1.54, 1.807) is 23.5 Å². The Hall–Kier alpha value is -2.15. The van der Waals surface area contributed by atoms with E-state index in [1.807, 2.05) is 18.0 Å². The molecule has 2 heterocycles. The molecule has 2 aromatic rings. The number of carbonyl (C=O) groups is 1. The minimum absolute atomic E-state index is 0.109. The van der Waals surface area contributed by atoms with Crippen molar-refractivity contribution < 1.29 is 13.9 Å². The van der Waals surface area contributed by atoms with Crippen LogP contribution in [0.15, 0.2) is 24.4 Å². The second-order valence-electron chi connectivity index (χ2n) is 6.64. The number of likely N-dealkylation sites (tertiary alicyclic amines) is 1. The average Bonchev–Trinajstić information content (AvgIpc) is 3.08. The van der Waals surface area contributed by atoms with E-state index in [4.69, 9.17) is 4.74 Å². The molecule has 2 amide bonds. The summed E-state index contributed by atoms with van der Waals surface area (Å²) in [6, 6.07) is 4.37. The number of halogens is 1. The van der Waals surface area contributed by atoms with Crippen LogP contribution in [0.3, 0.4) is 0 Å². The fourth-order valence-electron chi connectivity index (χ4n) is 3.20. The fraction of sp³-hybridized carbons (Fsp3) is 0.474. The lowest BCUT2D eigenvalue weighted by Crippen LogP contribution is -2.44. The lowest BCUT2D eigenvalue weighted by molar-refractivity contribution is 0.178. The van der Waals surface area contributed by atoms with E-state index in [9.17, 15) is 9.18 Å². The molecule has 1 aromatic heterocycles. The average molecular weight is 377 g/mol. The Morgan fingerprint density at radius 2 is 2.15 bits per heavy atom. The monoisotopic (exact) mass is 377 g/mol. The van der Waals surface area contributed by atoms with Gasteiger partial charge in [-0.05, 0) is 44.4 Å². The van der Waals surface area contributed by atoms with Gasteiger partial charge in [0.05, 0.1) is 18.2 Å². The number of urea groups is 1. The van der Waals surface area contributed by atoms with Crippen molar-refractivity contribution in [2.75, 3.05) is 20.2 Å². The summed E-state index contributed by atoms with van der Waals surface area (Å²) >= 11 is 1.74. The summed E-state index contributed by atoms with van der Waals surface area (Å²) in [5.41, 5.74) is 0.713. The molecule has 1 aliphatic heterocycles.